The van der Waals surface area contributed by atoms with Crippen LogP contribution in [0.2, 0.25) is 0 Å². The molecule has 3 atom stereocenters. The van der Waals surface area contributed by atoms with Gasteiger partial charge >= 0.3 is 0 Å². The van der Waals surface area contributed by atoms with Crippen molar-refractivity contribution in [1.29, 1.82) is 0 Å². The number of allylic oxidation sites excluding steroid dienone is 2. The minimum absolute atomic E-state index is 0.0485. The summed E-state index contributed by atoms with van der Waals surface area (Å²) in [5, 5.41) is 9.40. The Hall–Kier alpha value is -1.16. The second kappa shape index (κ2) is 2.67. The number of hydroxylamine groups is 2. The van der Waals surface area contributed by atoms with E-state index >= 15 is 0 Å². The summed E-state index contributed by atoms with van der Waals surface area (Å²) < 4.78 is 0. The first kappa shape index (κ1) is 8.44. The third kappa shape index (κ3) is 1.02. The van der Waals surface area contributed by atoms with Crippen molar-refractivity contribution in [2.75, 3.05) is 0 Å². The quantitative estimate of drug-likeness (QED) is 0.337. The fourth-order valence-electron chi connectivity index (χ4n) is 2.13. The van der Waals surface area contributed by atoms with E-state index < -0.39 is 11.8 Å². The van der Waals surface area contributed by atoms with Gasteiger partial charge in [-0.2, -0.15) is 5.06 Å². The monoisotopic (exact) mass is 181 g/mol. The van der Waals surface area contributed by atoms with Crippen molar-refractivity contribution in [2.45, 2.75) is 13.3 Å². The predicted octanol–water partition coefficient (Wildman–Crippen LogP) is 0.573. The third-order valence-corrected chi connectivity index (χ3v) is 2.85. The standard InChI is InChI=1S/C9H11NO3/c1-5-3-2-4-6-7(5)9(12)10(13)8(6)11/h2-3,5-7,13H,4H2,1H3/t5-,6+,7+/m1/s1. The van der Waals surface area contributed by atoms with Crippen LogP contribution in [0.15, 0.2) is 12.2 Å². The molecule has 1 heterocycles. The molecule has 1 N–H and O–H groups in total. The lowest BCUT2D eigenvalue weighted by atomic mass is 9.78. The van der Waals surface area contributed by atoms with Crippen LogP contribution < -0.4 is 0 Å². The lowest BCUT2D eigenvalue weighted by molar-refractivity contribution is -0.173. The first-order valence-corrected chi connectivity index (χ1v) is 4.36. The summed E-state index contributed by atoms with van der Waals surface area (Å²) in [5.74, 6) is -1.54. The van der Waals surface area contributed by atoms with E-state index in [9.17, 15) is 9.59 Å². The largest absolute Gasteiger partial charge is 0.278 e. The van der Waals surface area contributed by atoms with Gasteiger partial charge in [-0.3, -0.25) is 14.8 Å². The molecule has 4 nitrogen and oxygen atoms in total. The number of amides is 2. The SMILES string of the molecule is C[C@@H]1C=CC[C@@H]2C(=O)N(O)C(=O)[C@@H]12. The van der Waals surface area contributed by atoms with Crippen molar-refractivity contribution in [3.63, 3.8) is 0 Å². The first-order chi connectivity index (χ1) is 6.13. The molecule has 1 saturated heterocycles. The first-order valence-electron chi connectivity index (χ1n) is 4.36. The van der Waals surface area contributed by atoms with Gasteiger partial charge in [0.1, 0.15) is 0 Å². The molecule has 2 rings (SSSR count). The Kier molecular flexibility index (Phi) is 1.73. The maximum Gasteiger partial charge on any atom is 0.257 e. The fourth-order valence-corrected chi connectivity index (χ4v) is 2.13. The van der Waals surface area contributed by atoms with Gasteiger partial charge in [0.05, 0.1) is 11.8 Å². The summed E-state index contributed by atoms with van der Waals surface area (Å²) in [6.45, 7) is 1.89. The molecular formula is C9H11NO3. The Labute approximate surface area is 75.8 Å². The summed E-state index contributed by atoms with van der Waals surface area (Å²) in [6.07, 6.45) is 4.39. The summed E-state index contributed by atoms with van der Waals surface area (Å²) in [6, 6.07) is 0. The van der Waals surface area contributed by atoms with Crippen LogP contribution in [0.4, 0.5) is 0 Å². The van der Waals surface area contributed by atoms with E-state index in [1.165, 1.54) is 0 Å². The van der Waals surface area contributed by atoms with Crippen LogP contribution in [-0.4, -0.2) is 22.1 Å². The summed E-state index contributed by atoms with van der Waals surface area (Å²) in [4.78, 5) is 22.7. The molecule has 0 aromatic heterocycles. The maximum atomic E-state index is 11.4. The topological polar surface area (TPSA) is 57.6 Å². The molecule has 0 unspecified atom stereocenters. The van der Waals surface area contributed by atoms with Crippen molar-refractivity contribution in [1.82, 2.24) is 5.06 Å². The number of fused-ring (bicyclic) bond motifs is 1. The molecule has 0 aromatic rings. The molecule has 0 radical (unpaired) electrons. The molecule has 1 aliphatic heterocycles. The van der Waals surface area contributed by atoms with Crippen LogP contribution in [0.1, 0.15) is 13.3 Å². The smallest absolute Gasteiger partial charge is 0.257 e. The van der Waals surface area contributed by atoms with Crippen LogP contribution in [-0.2, 0) is 9.59 Å². The Bertz CT molecular complexity index is 297. The Balaban J connectivity index is 2.36. The van der Waals surface area contributed by atoms with Crippen molar-refractivity contribution >= 4 is 11.8 Å². The molecule has 0 saturated carbocycles. The Morgan fingerprint density at radius 3 is 2.77 bits per heavy atom. The Morgan fingerprint density at radius 2 is 2.15 bits per heavy atom. The highest BCUT2D eigenvalue weighted by Gasteiger charge is 2.49. The van der Waals surface area contributed by atoms with Crippen molar-refractivity contribution in [3.8, 4) is 0 Å². The highest BCUT2D eigenvalue weighted by atomic mass is 16.5. The lowest BCUT2D eigenvalue weighted by Gasteiger charge is -2.21. The third-order valence-electron chi connectivity index (χ3n) is 2.85. The molecule has 13 heavy (non-hydrogen) atoms. The van der Waals surface area contributed by atoms with Crippen LogP contribution in [0.5, 0.6) is 0 Å². The zero-order valence-electron chi connectivity index (χ0n) is 7.30. The number of imide groups is 1. The van der Waals surface area contributed by atoms with Gasteiger partial charge < -0.3 is 0 Å². The molecule has 0 bridgehead atoms. The molecule has 1 fully saturated rings. The highest BCUT2D eigenvalue weighted by molar-refractivity contribution is 6.04. The minimum atomic E-state index is -0.453. The Morgan fingerprint density at radius 1 is 1.46 bits per heavy atom. The summed E-state index contributed by atoms with van der Waals surface area (Å²) >= 11 is 0. The van der Waals surface area contributed by atoms with Crippen LogP contribution in [0.25, 0.3) is 0 Å². The van der Waals surface area contributed by atoms with Gasteiger partial charge in [-0.05, 0) is 12.3 Å². The molecule has 0 aromatic carbocycles. The second-order valence-electron chi connectivity index (χ2n) is 3.64. The van der Waals surface area contributed by atoms with E-state index in [0.717, 1.165) is 0 Å². The molecular weight excluding hydrogens is 170 g/mol. The zero-order chi connectivity index (χ0) is 9.59. The van der Waals surface area contributed by atoms with E-state index in [1.807, 2.05) is 19.1 Å². The van der Waals surface area contributed by atoms with E-state index in [4.69, 9.17) is 5.21 Å². The van der Waals surface area contributed by atoms with E-state index in [2.05, 4.69) is 0 Å². The fraction of sp³-hybridized carbons (Fsp3) is 0.556. The van der Waals surface area contributed by atoms with E-state index in [1.54, 1.807) is 0 Å². The number of carbonyl (C=O) groups excluding carboxylic acids is 2. The van der Waals surface area contributed by atoms with Crippen LogP contribution in [0.3, 0.4) is 0 Å². The average molecular weight is 181 g/mol. The van der Waals surface area contributed by atoms with Gasteiger partial charge in [-0.1, -0.05) is 19.1 Å². The molecule has 1 aliphatic carbocycles. The molecule has 70 valence electrons. The van der Waals surface area contributed by atoms with Crippen molar-refractivity contribution in [2.24, 2.45) is 17.8 Å². The minimum Gasteiger partial charge on any atom is -0.278 e. The maximum absolute atomic E-state index is 11.4. The van der Waals surface area contributed by atoms with Gasteiger partial charge in [0.2, 0.25) is 0 Å². The van der Waals surface area contributed by atoms with Crippen LogP contribution in [0, 0.1) is 17.8 Å². The van der Waals surface area contributed by atoms with Gasteiger partial charge in [0.15, 0.2) is 0 Å². The van der Waals surface area contributed by atoms with Crippen LogP contribution >= 0.6 is 0 Å². The van der Waals surface area contributed by atoms with Gasteiger partial charge in [0.25, 0.3) is 11.8 Å². The zero-order valence-corrected chi connectivity index (χ0v) is 7.30. The average Bonchev–Trinajstić information content (AvgIpc) is 2.33. The number of carbonyl (C=O) groups is 2. The summed E-state index contributed by atoms with van der Waals surface area (Å²) in [5.41, 5.74) is 0. The van der Waals surface area contributed by atoms with Crippen molar-refractivity contribution < 1.29 is 14.8 Å². The number of rotatable bonds is 0. The second-order valence-corrected chi connectivity index (χ2v) is 3.64. The number of hydrogen-bond donors (Lipinski definition) is 1. The van der Waals surface area contributed by atoms with E-state index in [-0.39, 0.29) is 22.8 Å². The van der Waals surface area contributed by atoms with Gasteiger partial charge in [-0.15, -0.1) is 0 Å². The molecule has 2 amide bonds. The number of hydrogen-bond acceptors (Lipinski definition) is 3. The summed E-state index contributed by atoms with van der Waals surface area (Å²) in [7, 11) is 0. The normalized spacial score (nSPS) is 38.3. The van der Waals surface area contributed by atoms with Gasteiger partial charge in [0, 0.05) is 0 Å². The molecule has 4 heteroatoms. The predicted molar refractivity (Wildman–Crippen MR) is 43.5 cm³/mol. The highest BCUT2D eigenvalue weighted by Crippen LogP contribution is 2.37. The van der Waals surface area contributed by atoms with Gasteiger partial charge in [-0.25, -0.2) is 0 Å². The molecule has 2 aliphatic rings. The lowest BCUT2D eigenvalue weighted by Crippen LogP contribution is -2.28. The van der Waals surface area contributed by atoms with Crippen molar-refractivity contribution in [3.05, 3.63) is 12.2 Å². The van der Waals surface area contributed by atoms with E-state index in [0.29, 0.717) is 6.42 Å². The molecule has 0 spiro atoms. The number of nitrogens with zero attached hydrogens (tertiary/aromatic N) is 1.